The van der Waals surface area contributed by atoms with Gasteiger partial charge in [-0.15, -0.1) is 0 Å². The molecule has 0 unspecified atom stereocenters. The molecule has 0 bridgehead atoms. The predicted octanol–water partition coefficient (Wildman–Crippen LogP) is 2.61. The quantitative estimate of drug-likeness (QED) is 0.669. The SMILES string of the molecule is Cc1ccc(C)c(C)c1.[U]. The van der Waals surface area contributed by atoms with Gasteiger partial charge in [0.05, 0.1) is 0 Å². The Balaban J connectivity index is 0.000000810. The molecule has 0 fully saturated rings. The average Bonchev–Trinajstić information content (AvgIpc) is 1.80. The standard InChI is InChI=1S/C9H12.U/c1-7-4-5-8(2)9(3)6-7;/h4-6H,1-3H3;. The number of aryl methyl sites for hydroxylation is 3. The Kier molecular flexibility index (Phi) is 4.33. The summed E-state index contributed by atoms with van der Waals surface area (Å²) in [5.41, 5.74) is 4.11. The summed E-state index contributed by atoms with van der Waals surface area (Å²) in [6.45, 7) is 6.39. The predicted molar refractivity (Wildman–Crippen MR) is 40.7 cm³/mol. The van der Waals surface area contributed by atoms with Gasteiger partial charge < -0.3 is 0 Å². The van der Waals surface area contributed by atoms with Crippen molar-refractivity contribution in [1.82, 2.24) is 0 Å². The van der Waals surface area contributed by atoms with Crippen LogP contribution in [0.15, 0.2) is 18.2 Å². The first kappa shape index (κ1) is 10.3. The second-order valence-corrected chi connectivity index (χ2v) is 2.59. The van der Waals surface area contributed by atoms with Gasteiger partial charge in [0.15, 0.2) is 0 Å². The summed E-state index contributed by atoms with van der Waals surface area (Å²) < 4.78 is 0. The Morgan fingerprint density at radius 3 is 1.90 bits per heavy atom. The number of hydrogen-bond acceptors (Lipinski definition) is 0. The van der Waals surface area contributed by atoms with Crippen molar-refractivity contribution in [1.29, 1.82) is 0 Å². The van der Waals surface area contributed by atoms with Crippen LogP contribution in [0.2, 0.25) is 0 Å². The molecule has 0 spiro atoms. The zero-order chi connectivity index (χ0) is 6.85. The van der Waals surface area contributed by atoms with Crippen LogP contribution in [0, 0.1) is 51.9 Å². The van der Waals surface area contributed by atoms with Gasteiger partial charge in [0, 0.05) is 31.1 Å². The van der Waals surface area contributed by atoms with E-state index >= 15 is 0 Å². The molecule has 0 N–H and O–H groups in total. The van der Waals surface area contributed by atoms with Crippen molar-refractivity contribution in [2.75, 3.05) is 0 Å². The molecule has 1 aromatic carbocycles. The Morgan fingerprint density at radius 2 is 1.50 bits per heavy atom. The van der Waals surface area contributed by atoms with E-state index in [4.69, 9.17) is 0 Å². The summed E-state index contributed by atoms with van der Waals surface area (Å²) in [6, 6.07) is 6.50. The van der Waals surface area contributed by atoms with E-state index in [2.05, 4.69) is 39.0 Å². The maximum atomic E-state index is 2.20. The summed E-state index contributed by atoms with van der Waals surface area (Å²) in [6.07, 6.45) is 0. The van der Waals surface area contributed by atoms with Gasteiger partial charge in [0.1, 0.15) is 0 Å². The Morgan fingerprint density at radius 1 is 0.900 bits per heavy atom. The molecule has 0 saturated carbocycles. The zero-order valence-electron chi connectivity index (χ0n) is 6.73. The van der Waals surface area contributed by atoms with Crippen molar-refractivity contribution >= 4 is 0 Å². The van der Waals surface area contributed by atoms with Crippen molar-refractivity contribution < 1.29 is 31.1 Å². The van der Waals surface area contributed by atoms with Crippen LogP contribution >= 0.6 is 0 Å². The molecule has 0 aliphatic heterocycles. The Bertz CT molecular complexity index is 216. The molecule has 0 amide bonds. The van der Waals surface area contributed by atoms with Crippen molar-refractivity contribution in [3.05, 3.63) is 34.9 Å². The van der Waals surface area contributed by atoms with Gasteiger partial charge in [-0.1, -0.05) is 23.8 Å². The number of hydrogen-bond donors (Lipinski definition) is 0. The molecule has 0 aliphatic carbocycles. The Hall–Kier alpha value is 0.272. The molecule has 0 radical (unpaired) electrons. The molecule has 0 atom stereocenters. The van der Waals surface area contributed by atoms with E-state index in [-0.39, 0.29) is 31.1 Å². The molecule has 10 heavy (non-hydrogen) atoms. The van der Waals surface area contributed by atoms with E-state index in [0.29, 0.717) is 0 Å². The molecular weight excluding hydrogens is 346 g/mol. The van der Waals surface area contributed by atoms with Crippen molar-refractivity contribution in [2.24, 2.45) is 0 Å². The minimum absolute atomic E-state index is 0. The summed E-state index contributed by atoms with van der Waals surface area (Å²) >= 11 is 0. The van der Waals surface area contributed by atoms with E-state index in [9.17, 15) is 0 Å². The Labute approximate surface area is 86.4 Å². The van der Waals surface area contributed by atoms with Crippen molar-refractivity contribution in [3.8, 4) is 0 Å². The maximum Gasteiger partial charge on any atom is 0 e. The van der Waals surface area contributed by atoms with Gasteiger partial charge in [-0.05, 0) is 31.9 Å². The first-order chi connectivity index (χ1) is 4.20. The van der Waals surface area contributed by atoms with E-state index in [1.54, 1.807) is 0 Å². The van der Waals surface area contributed by atoms with Gasteiger partial charge in [-0.3, -0.25) is 0 Å². The van der Waals surface area contributed by atoms with Gasteiger partial charge in [0.2, 0.25) is 0 Å². The summed E-state index contributed by atoms with van der Waals surface area (Å²) in [5, 5.41) is 0. The second kappa shape index (κ2) is 4.21. The van der Waals surface area contributed by atoms with E-state index in [0.717, 1.165) is 0 Å². The minimum Gasteiger partial charge on any atom is -0.0590 e. The fourth-order valence-electron chi connectivity index (χ4n) is 0.891. The third-order valence-electron chi connectivity index (χ3n) is 1.66. The first-order valence-electron chi connectivity index (χ1n) is 3.24. The van der Waals surface area contributed by atoms with E-state index in [1.165, 1.54) is 16.7 Å². The van der Waals surface area contributed by atoms with Crippen LogP contribution in [0.25, 0.3) is 0 Å². The van der Waals surface area contributed by atoms with E-state index < -0.39 is 0 Å². The molecule has 0 nitrogen and oxygen atoms in total. The fourth-order valence-corrected chi connectivity index (χ4v) is 0.891. The van der Waals surface area contributed by atoms with Crippen LogP contribution in [0.5, 0.6) is 0 Å². The molecule has 52 valence electrons. The van der Waals surface area contributed by atoms with Gasteiger partial charge in [-0.2, -0.15) is 0 Å². The van der Waals surface area contributed by atoms with Crippen LogP contribution in [-0.2, 0) is 0 Å². The average molecular weight is 358 g/mol. The normalized spacial score (nSPS) is 8.70. The number of benzene rings is 1. The smallest absolute Gasteiger partial charge is 0 e. The van der Waals surface area contributed by atoms with Crippen LogP contribution in [-0.4, -0.2) is 0 Å². The van der Waals surface area contributed by atoms with Crippen molar-refractivity contribution in [2.45, 2.75) is 20.8 Å². The second-order valence-electron chi connectivity index (χ2n) is 2.59. The van der Waals surface area contributed by atoms with Crippen LogP contribution < -0.4 is 0 Å². The van der Waals surface area contributed by atoms with Crippen LogP contribution in [0.1, 0.15) is 16.7 Å². The minimum atomic E-state index is 0. The zero-order valence-corrected chi connectivity index (χ0v) is 10.9. The topological polar surface area (TPSA) is 0 Å². The molecule has 0 aliphatic rings. The largest absolute Gasteiger partial charge is 0.0590 e. The molecule has 1 heteroatoms. The summed E-state index contributed by atoms with van der Waals surface area (Å²) in [7, 11) is 0. The molecule has 0 heterocycles. The number of rotatable bonds is 0. The maximum absolute atomic E-state index is 2.20. The molecule has 1 rings (SSSR count). The molecule has 0 saturated heterocycles. The molecule has 1 aromatic rings. The summed E-state index contributed by atoms with van der Waals surface area (Å²) in [4.78, 5) is 0. The molecular formula is C9H12U. The fraction of sp³-hybridized carbons (Fsp3) is 0.333. The molecule has 0 aromatic heterocycles. The van der Waals surface area contributed by atoms with Crippen LogP contribution in [0.3, 0.4) is 0 Å². The van der Waals surface area contributed by atoms with E-state index in [1.807, 2.05) is 0 Å². The van der Waals surface area contributed by atoms with Gasteiger partial charge in [0.25, 0.3) is 0 Å². The third kappa shape index (κ3) is 2.48. The summed E-state index contributed by atoms with van der Waals surface area (Å²) in [5.74, 6) is 0. The first-order valence-corrected chi connectivity index (χ1v) is 3.24. The van der Waals surface area contributed by atoms with Crippen LogP contribution in [0.4, 0.5) is 0 Å². The van der Waals surface area contributed by atoms with Gasteiger partial charge in [-0.25, -0.2) is 0 Å². The van der Waals surface area contributed by atoms with Gasteiger partial charge >= 0.3 is 0 Å². The van der Waals surface area contributed by atoms with Crippen molar-refractivity contribution in [3.63, 3.8) is 0 Å². The monoisotopic (exact) mass is 358 g/mol. The third-order valence-corrected chi connectivity index (χ3v) is 1.66.